The smallest absolute Gasteiger partial charge is 0.216 e. The second kappa shape index (κ2) is 5.80. The fourth-order valence-corrected chi connectivity index (χ4v) is 2.04. The largest absolute Gasteiger partial charge is 0.264 e. The van der Waals surface area contributed by atoms with E-state index in [1.54, 1.807) is 23.3 Å². The van der Waals surface area contributed by atoms with Crippen LogP contribution in [-0.4, -0.2) is 26.1 Å². The molecule has 5 nitrogen and oxygen atoms in total. The van der Waals surface area contributed by atoms with Crippen molar-refractivity contribution in [1.82, 2.24) is 19.9 Å². The molecule has 104 valence electrons. The molecule has 3 rings (SSSR count). The Bertz CT molecular complexity index is 815. The van der Waals surface area contributed by atoms with Crippen molar-refractivity contribution in [3.8, 4) is 11.4 Å². The van der Waals surface area contributed by atoms with Crippen molar-refractivity contribution in [2.24, 2.45) is 5.10 Å². The number of aryl methyl sites for hydroxylation is 1. The van der Waals surface area contributed by atoms with Crippen molar-refractivity contribution in [1.29, 1.82) is 0 Å². The van der Waals surface area contributed by atoms with Gasteiger partial charge in [-0.25, -0.2) is 5.10 Å². The molecule has 0 radical (unpaired) electrons. The van der Waals surface area contributed by atoms with Crippen LogP contribution in [0.5, 0.6) is 0 Å². The van der Waals surface area contributed by atoms with Crippen LogP contribution in [0.3, 0.4) is 0 Å². The summed E-state index contributed by atoms with van der Waals surface area (Å²) >= 11 is 5.23. The molecule has 0 saturated heterocycles. The first-order chi connectivity index (χ1) is 10.2. The van der Waals surface area contributed by atoms with E-state index in [0.29, 0.717) is 10.6 Å². The molecule has 1 aromatic carbocycles. The average molecular weight is 295 g/mol. The average Bonchev–Trinajstić information content (AvgIpc) is 2.88. The molecule has 0 atom stereocenters. The summed E-state index contributed by atoms with van der Waals surface area (Å²) in [5.74, 6) is 0.681. The Labute approximate surface area is 127 Å². The molecule has 0 amide bonds. The quantitative estimate of drug-likeness (QED) is 0.596. The fraction of sp³-hybridized carbons (Fsp3) is 0.0667. The molecule has 0 aliphatic rings. The molecule has 0 aliphatic carbocycles. The van der Waals surface area contributed by atoms with Gasteiger partial charge in [0.1, 0.15) is 0 Å². The van der Waals surface area contributed by atoms with E-state index in [2.05, 4.69) is 20.3 Å². The van der Waals surface area contributed by atoms with Crippen LogP contribution in [0.1, 0.15) is 11.1 Å². The highest BCUT2D eigenvalue weighted by Gasteiger charge is 2.07. The number of rotatable bonds is 3. The van der Waals surface area contributed by atoms with Crippen LogP contribution in [-0.2, 0) is 0 Å². The number of benzene rings is 1. The van der Waals surface area contributed by atoms with Gasteiger partial charge < -0.3 is 0 Å². The van der Waals surface area contributed by atoms with Gasteiger partial charge in [0.2, 0.25) is 4.77 Å². The molecule has 1 N–H and O–H groups in total. The number of hydrogen-bond acceptors (Lipinski definition) is 4. The summed E-state index contributed by atoms with van der Waals surface area (Å²) in [6.07, 6.45) is 5.16. The Balaban J connectivity index is 2.00. The number of aromatic amines is 1. The van der Waals surface area contributed by atoms with Gasteiger partial charge in [-0.2, -0.15) is 14.9 Å². The molecule has 2 heterocycles. The van der Waals surface area contributed by atoms with E-state index in [0.717, 1.165) is 11.1 Å². The number of H-pyrrole nitrogens is 1. The minimum Gasteiger partial charge on any atom is -0.264 e. The van der Waals surface area contributed by atoms with Crippen LogP contribution < -0.4 is 0 Å². The van der Waals surface area contributed by atoms with E-state index in [-0.39, 0.29) is 0 Å². The highest BCUT2D eigenvalue weighted by atomic mass is 32.1. The Hall–Kier alpha value is -2.60. The summed E-state index contributed by atoms with van der Waals surface area (Å²) in [7, 11) is 0. The van der Waals surface area contributed by atoms with Gasteiger partial charge in [0.15, 0.2) is 5.82 Å². The van der Waals surface area contributed by atoms with Crippen molar-refractivity contribution in [2.75, 3.05) is 0 Å². The summed E-state index contributed by atoms with van der Waals surface area (Å²) in [6, 6.07) is 11.8. The normalized spacial score (nSPS) is 11.1. The van der Waals surface area contributed by atoms with Gasteiger partial charge in [0.05, 0.1) is 6.21 Å². The number of aromatic nitrogens is 4. The van der Waals surface area contributed by atoms with Gasteiger partial charge in [0.25, 0.3) is 0 Å². The van der Waals surface area contributed by atoms with Gasteiger partial charge in [-0.1, -0.05) is 35.9 Å². The lowest BCUT2D eigenvalue weighted by Crippen LogP contribution is -1.95. The van der Waals surface area contributed by atoms with Crippen LogP contribution in [0.4, 0.5) is 0 Å². The zero-order valence-electron chi connectivity index (χ0n) is 11.4. The van der Waals surface area contributed by atoms with Gasteiger partial charge in [-0.15, -0.1) is 0 Å². The summed E-state index contributed by atoms with van der Waals surface area (Å²) < 4.78 is 2.05. The molecule has 3 aromatic rings. The predicted molar refractivity (Wildman–Crippen MR) is 84.8 cm³/mol. The Morgan fingerprint density at radius 3 is 2.76 bits per heavy atom. The molecule has 6 heteroatoms. The highest BCUT2D eigenvalue weighted by molar-refractivity contribution is 7.71. The molecule has 2 aromatic heterocycles. The third-order valence-corrected chi connectivity index (χ3v) is 3.23. The maximum atomic E-state index is 5.23. The molecule has 0 fully saturated rings. The summed E-state index contributed by atoms with van der Waals surface area (Å²) in [6.45, 7) is 2.04. The van der Waals surface area contributed by atoms with Crippen molar-refractivity contribution < 1.29 is 0 Å². The molecule has 0 aliphatic heterocycles. The second-order valence-corrected chi connectivity index (χ2v) is 4.95. The van der Waals surface area contributed by atoms with E-state index in [1.165, 1.54) is 5.56 Å². The van der Waals surface area contributed by atoms with Crippen LogP contribution in [0.2, 0.25) is 0 Å². The molecular formula is C15H13N5S. The third-order valence-electron chi connectivity index (χ3n) is 2.97. The van der Waals surface area contributed by atoms with Gasteiger partial charge in [-0.3, -0.25) is 4.98 Å². The topological polar surface area (TPSA) is 58.9 Å². The Kier molecular flexibility index (Phi) is 3.70. The van der Waals surface area contributed by atoms with Crippen molar-refractivity contribution in [3.05, 3.63) is 64.7 Å². The lowest BCUT2D eigenvalue weighted by atomic mass is 10.1. The van der Waals surface area contributed by atoms with Gasteiger partial charge in [-0.05, 0) is 25.2 Å². The molecular weight excluding hydrogens is 282 g/mol. The first kappa shape index (κ1) is 13.4. The zero-order valence-corrected chi connectivity index (χ0v) is 12.2. The minimum absolute atomic E-state index is 0.450. The molecule has 0 unspecified atom stereocenters. The number of pyridine rings is 1. The molecule has 21 heavy (non-hydrogen) atoms. The summed E-state index contributed by atoms with van der Waals surface area (Å²) in [5, 5.41) is 11.4. The van der Waals surface area contributed by atoms with Gasteiger partial charge in [0, 0.05) is 23.5 Å². The maximum Gasteiger partial charge on any atom is 0.216 e. The van der Waals surface area contributed by atoms with E-state index in [1.807, 2.05) is 43.3 Å². The summed E-state index contributed by atoms with van der Waals surface area (Å²) in [4.78, 5) is 4.05. The molecule has 0 bridgehead atoms. The third kappa shape index (κ3) is 2.95. The van der Waals surface area contributed by atoms with Crippen molar-refractivity contribution >= 4 is 18.4 Å². The highest BCUT2D eigenvalue weighted by Crippen LogP contribution is 2.17. The summed E-state index contributed by atoms with van der Waals surface area (Å²) in [5.41, 5.74) is 3.05. The Morgan fingerprint density at radius 2 is 2.05 bits per heavy atom. The Morgan fingerprint density at radius 1 is 1.24 bits per heavy atom. The van der Waals surface area contributed by atoms with Crippen molar-refractivity contribution in [3.63, 3.8) is 0 Å². The van der Waals surface area contributed by atoms with E-state index in [9.17, 15) is 0 Å². The number of nitrogens with one attached hydrogen (secondary N) is 1. The second-order valence-electron chi connectivity index (χ2n) is 4.56. The molecule has 0 saturated carbocycles. The van der Waals surface area contributed by atoms with Gasteiger partial charge >= 0.3 is 0 Å². The number of hydrogen-bond donors (Lipinski definition) is 1. The monoisotopic (exact) mass is 295 g/mol. The number of nitrogens with zero attached hydrogens (tertiary/aromatic N) is 4. The van der Waals surface area contributed by atoms with Crippen molar-refractivity contribution in [2.45, 2.75) is 6.92 Å². The standard InChI is InChI=1S/C15H13N5S/c1-11-4-6-13(7-5-11)14-18-19-15(21)20(14)17-10-12-3-2-8-16-9-12/h2-10H,1H3,(H,19,21)/b17-10-. The lowest BCUT2D eigenvalue weighted by molar-refractivity contribution is 0.871. The van der Waals surface area contributed by atoms with E-state index < -0.39 is 0 Å². The lowest BCUT2D eigenvalue weighted by Gasteiger charge is -2.01. The molecule has 0 spiro atoms. The van der Waals surface area contributed by atoms with Crippen LogP contribution in [0.25, 0.3) is 11.4 Å². The first-order valence-corrected chi connectivity index (χ1v) is 6.84. The van der Waals surface area contributed by atoms with Crippen LogP contribution in [0.15, 0.2) is 53.9 Å². The first-order valence-electron chi connectivity index (χ1n) is 6.43. The van der Waals surface area contributed by atoms with E-state index in [4.69, 9.17) is 12.2 Å². The predicted octanol–water partition coefficient (Wildman–Crippen LogP) is 3.19. The van der Waals surface area contributed by atoms with E-state index >= 15 is 0 Å². The minimum atomic E-state index is 0.450. The SMILES string of the molecule is Cc1ccc(-c2n[nH]c(=S)n2/N=C\c2cccnc2)cc1. The van der Waals surface area contributed by atoms with Crippen LogP contribution in [0, 0.1) is 11.7 Å². The zero-order chi connectivity index (χ0) is 14.7. The van der Waals surface area contributed by atoms with Crippen LogP contribution >= 0.6 is 12.2 Å². The fourth-order valence-electron chi connectivity index (χ4n) is 1.87. The maximum absolute atomic E-state index is 5.23.